The highest BCUT2D eigenvalue weighted by Gasteiger charge is 2.29. The zero-order valence-corrected chi connectivity index (χ0v) is 14.4. The summed E-state index contributed by atoms with van der Waals surface area (Å²) in [6.07, 6.45) is -0.192. The monoisotopic (exact) mass is 326 g/mol. The molecular formula is C19H22N2O3. The summed E-state index contributed by atoms with van der Waals surface area (Å²) in [6, 6.07) is 13.3. The quantitative estimate of drug-likeness (QED) is 0.936. The first kappa shape index (κ1) is 16.2. The summed E-state index contributed by atoms with van der Waals surface area (Å²) < 4.78 is 11.2. The van der Waals surface area contributed by atoms with Crippen molar-refractivity contribution in [2.45, 2.75) is 26.1 Å². The van der Waals surface area contributed by atoms with Gasteiger partial charge in [-0.15, -0.1) is 0 Å². The van der Waals surface area contributed by atoms with Crippen LogP contribution in [0.4, 0.5) is 5.69 Å². The molecule has 2 aromatic carbocycles. The summed E-state index contributed by atoms with van der Waals surface area (Å²) >= 11 is 0. The number of ether oxygens (including phenoxy) is 2. The highest BCUT2D eigenvalue weighted by molar-refractivity contribution is 6.02. The molecule has 1 amide bonds. The Kier molecular flexibility index (Phi) is 4.34. The molecule has 1 N–H and O–H groups in total. The van der Waals surface area contributed by atoms with Crippen molar-refractivity contribution in [1.29, 1.82) is 0 Å². The summed E-state index contributed by atoms with van der Waals surface area (Å²) in [5, 5.41) is 3.04. The van der Waals surface area contributed by atoms with Crippen molar-refractivity contribution in [1.82, 2.24) is 5.32 Å². The standard InChI is InChI=1S/C19H22N2O3/c1-12(2)24-16-10-9-13(11-17(16)23-4)18-20-19(22)14-7-5-6-8-15(14)21(18)3/h5-12,18H,1-4H3,(H,20,22). The second kappa shape index (κ2) is 6.43. The zero-order valence-electron chi connectivity index (χ0n) is 14.4. The number of carbonyl (C=O) groups excluding carboxylic acids is 1. The molecule has 0 fully saturated rings. The molecule has 0 aliphatic carbocycles. The fourth-order valence-corrected chi connectivity index (χ4v) is 2.92. The summed E-state index contributed by atoms with van der Waals surface area (Å²) in [7, 11) is 3.58. The number of hydrogen-bond acceptors (Lipinski definition) is 4. The number of anilines is 1. The van der Waals surface area contributed by atoms with E-state index in [4.69, 9.17) is 9.47 Å². The highest BCUT2D eigenvalue weighted by Crippen LogP contribution is 2.35. The Balaban J connectivity index is 1.96. The number of para-hydroxylation sites is 1. The predicted octanol–water partition coefficient (Wildman–Crippen LogP) is 3.36. The Hall–Kier alpha value is -2.69. The van der Waals surface area contributed by atoms with Crippen LogP contribution >= 0.6 is 0 Å². The van der Waals surface area contributed by atoms with Gasteiger partial charge in [0.2, 0.25) is 0 Å². The molecule has 2 aromatic rings. The summed E-state index contributed by atoms with van der Waals surface area (Å²) in [5.74, 6) is 1.28. The highest BCUT2D eigenvalue weighted by atomic mass is 16.5. The summed E-state index contributed by atoms with van der Waals surface area (Å²) in [4.78, 5) is 14.4. The molecule has 1 aliphatic heterocycles. The van der Waals surface area contributed by atoms with E-state index in [1.165, 1.54) is 0 Å². The lowest BCUT2D eigenvalue weighted by molar-refractivity contribution is 0.0928. The number of carbonyl (C=O) groups is 1. The van der Waals surface area contributed by atoms with Crippen molar-refractivity contribution < 1.29 is 14.3 Å². The third-order valence-electron chi connectivity index (χ3n) is 4.05. The van der Waals surface area contributed by atoms with E-state index in [0.29, 0.717) is 17.1 Å². The minimum absolute atomic E-state index is 0.0636. The van der Waals surface area contributed by atoms with Crippen molar-refractivity contribution in [3.8, 4) is 11.5 Å². The van der Waals surface area contributed by atoms with Gasteiger partial charge in [-0.1, -0.05) is 18.2 Å². The molecular weight excluding hydrogens is 304 g/mol. The molecule has 0 saturated heterocycles. The van der Waals surface area contributed by atoms with Gasteiger partial charge in [-0.2, -0.15) is 0 Å². The Morgan fingerprint density at radius 1 is 1.12 bits per heavy atom. The van der Waals surface area contributed by atoms with Gasteiger partial charge in [0.1, 0.15) is 6.17 Å². The molecule has 1 atom stereocenters. The zero-order chi connectivity index (χ0) is 17.3. The van der Waals surface area contributed by atoms with Crippen LogP contribution in [0.15, 0.2) is 42.5 Å². The van der Waals surface area contributed by atoms with Crippen LogP contribution in [-0.2, 0) is 0 Å². The molecule has 24 heavy (non-hydrogen) atoms. The van der Waals surface area contributed by atoms with E-state index in [-0.39, 0.29) is 18.2 Å². The maximum atomic E-state index is 12.4. The largest absolute Gasteiger partial charge is 0.493 e. The van der Waals surface area contributed by atoms with Gasteiger partial charge in [0, 0.05) is 7.05 Å². The van der Waals surface area contributed by atoms with Crippen LogP contribution in [0.3, 0.4) is 0 Å². The van der Waals surface area contributed by atoms with Crippen LogP contribution in [0.1, 0.15) is 35.9 Å². The smallest absolute Gasteiger partial charge is 0.255 e. The van der Waals surface area contributed by atoms with Crippen molar-refractivity contribution in [2.75, 3.05) is 19.1 Å². The molecule has 5 heteroatoms. The number of nitrogens with one attached hydrogen (secondary N) is 1. The van der Waals surface area contributed by atoms with Gasteiger partial charge >= 0.3 is 0 Å². The van der Waals surface area contributed by atoms with Crippen LogP contribution < -0.4 is 19.7 Å². The van der Waals surface area contributed by atoms with Gasteiger partial charge in [0.25, 0.3) is 5.91 Å². The molecule has 3 rings (SSSR count). The molecule has 0 spiro atoms. The lowest BCUT2D eigenvalue weighted by Gasteiger charge is -2.36. The van der Waals surface area contributed by atoms with Crippen molar-refractivity contribution in [3.05, 3.63) is 53.6 Å². The molecule has 1 unspecified atom stereocenters. The van der Waals surface area contributed by atoms with Crippen LogP contribution in [0, 0.1) is 0 Å². The first-order chi connectivity index (χ1) is 11.5. The average Bonchev–Trinajstić information content (AvgIpc) is 2.58. The molecule has 1 aliphatic rings. The third kappa shape index (κ3) is 2.89. The van der Waals surface area contributed by atoms with E-state index in [9.17, 15) is 4.79 Å². The van der Waals surface area contributed by atoms with Crippen LogP contribution in [0.5, 0.6) is 11.5 Å². The van der Waals surface area contributed by atoms with Gasteiger partial charge < -0.3 is 19.7 Å². The molecule has 0 bridgehead atoms. The number of amides is 1. The number of rotatable bonds is 4. The van der Waals surface area contributed by atoms with Crippen LogP contribution in [0.2, 0.25) is 0 Å². The van der Waals surface area contributed by atoms with Gasteiger partial charge in [-0.3, -0.25) is 4.79 Å². The first-order valence-electron chi connectivity index (χ1n) is 7.98. The molecule has 0 saturated carbocycles. The minimum atomic E-state index is -0.255. The lowest BCUT2D eigenvalue weighted by Crippen LogP contribution is -2.44. The number of nitrogens with zero attached hydrogens (tertiary/aromatic N) is 1. The maximum absolute atomic E-state index is 12.4. The van der Waals surface area contributed by atoms with Gasteiger partial charge in [-0.05, 0) is 43.7 Å². The Morgan fingerprint density at radius 2 is 1.88 bits per heavy atom. The van der Waals surface area contributed by atoms with Crippen LogP contribution in [-0.4, -0.2) is 26.2 Å². The predicted molar refractivity (Wildman–Crippen MR) is 93.8 cm³/mol. The van der Waals surface area contributed by atoms with Crippen molar-refractivity contribution in [2.24, 2.45) is 0 Å². The normalized spacial score (nSPS) is 16.6. The van der Waals surface area contributed by atoms with Gasteiger partial charge in [0.05, 0.1) is 24.5 Å². The third-order valence-corrected chi connectivity index (χ3v) is 4.05. The number of methoxy groups -OCH3 is 1. The SMILES string of the molecule is COc1cc(C2NC(=O)c3ccccc3N2C)ccc1OC(C)C. The van der Waals surface area contributed by atoms with E-state index in [2.05, 4.69) is 10.2 Å². The molecule has 5 nitrogen and oxygen atoms in total. The van der Waals surface area contributed by atoms with Crippen molar-refractivity contribution in [3.63, 3.8) is 0 Å². The van der Waals surface area contributed by atoms with E-state index in [1.54, 1.807) is 7.11 Å². The fourth-order valence-electron chi connectivity index (χ4n) is 2.92. The molecule has 1 heterocycles. The van der Waals surface area contributed by atoms with E-state index < -0.39 is 0 Å². The second-order valence-electron chi connectivity index (χ2n) is 6.08. The maximum Gasteiger partial charge on any atom is 0.255 e. The Morgan fingerprint density at radius 3 is 2.58 bits per heavy atom. The lowest BCUT2D eigenvalue weighted by atomic mass is 10.0. The van der Waals surface area contributed by atoms with Gasteiger partial charge in [0.15, 0.2) is 11.5 Å². The Bertz CT molecular complexity index is 758. The molecule has 0 aromatic heterocycles. The summed E-state index contributed by atoms with van der Waals surface area (Å²) in [5.41, 5.74) is 2.53. The van der Waals surface area contributed by atoms with Crippen molar-refractivity contribution >= 4 is 11.6 Å². The Labute approximate surface area is 142 Å². The average molecular weight is 326 g/mol. The topological polar surface area (TPSA) is 50.8 Å². The first-order valence-corrected chi connectivity index (χ1v) is 7.98. The van der Waals surface area contributed by atoms with E-state index >= 15 is 0 Å². The second-order valence-corrected chi connectivity index (χ2v) is 6.08. The summed E-state index contributed by atoms with van der Waals surface area (Å²) in [6.45, 7) is 3.94. The molecule has 0 radical (unpaired) electrons. The fraction of sp³-hybridized carbons (Fsp3) is 0.316. The van der Waals surface area contributed by atoms with Gasteiger partial charge in [-0.25, -0.2) is 0 Å². The number of fused-ring (bicyclic) bond motifs is 1. The minimum Gasteiger partial charge on any atom is -0.493 e. The molecule has 126 valence electrons. The number of hydrogen-bond donors (Lipinski definition) is 1. The van der Waals surface area contributed by atoms with Crippen LogP contribution in [0.25, 0.3) is 0 Å². The van der Waals surface area contributed by atoms with E-state index in [1.807, 2.05) is 63.4 Å². The number of benzene rings is 2. The van der Waals surface area contributed by atoms with E-state index in [0.717, 1.165) is 11.3 Å².